The molecule has 56 heavy (non-hydrogen) atoms. The zero-order chi connectivity index (χ0) is 37.0. The third-order valence-corrected chi connectivity index (χ3v) is 12.2. The van der Waals surface area contributed by atoms with Crippen molar-refractivity contribution < 1.29 is 0 Å². The Labute approximate surface area is 330 Å². The molecule has 0 N–H and O–H groups in total. The van der Waals surface area contributed by atoms with Gasteiger partial charge in [0.25, 0.3) is 0 Å². The first kappa shape index (κ1) is 32.4. The Morgan fingerprint density at radius 2 is 0.982 bits per heavy atom. The van der Waals surface area contributed by atoms with Crippen molar-refractivity contribution in [1.82, 2.24) is 4.98 Å². The highest BCUT2D eigenvalue weighted by Crippen LogP contribution is 2.53. The predicted octanol–water partition coefficient (Wildman–Crippen LogP) is 15.2. The molecule has 10 aromatic rings. The minimum atomic E-state index is 1.05. The molecule has 0 spiro atoms. The molecule has 2 nitrogen and oxygen atoms in total. The smallest absolute Gasteiger partial charge is 0.124 e. The zero-order valence-corrected chi connectivity index (χ0v) is 31.2. The van der Waals surface area contributed by atoms with Gasteiger partial charge in [0.1, 0.15) is 5.01 Å². The minimum absolute atomic E-state index is 1.05. The van der Waals surface area contributed by atoms with Crippen molar-refractivity contribution in [2.24, 2.45) is 0 Å². The maximum atomic E-state index is 5.30. The fourth-order valence-electron chi connectivity index (χ4n) is 8.39. The standard InChI is InChI=1S/C53H34N2S/c1-3-13-35(14-4-1)37-27-29-42(30-28-37)55(49-26-11-18-38-17-7-8-23-45(38)49)43-22-10-20-40(34-43)44-31-32-47-50-46(44)24-12-25-48(50)52-51(47)54-53(56-52)41-21-9-19-39(33-41)36-15-5-2-6-16-36/h1-34H. The van der Waals surface area contributed by atoms with Crippen molar-refractivity contribution in [2.45, 2.75) is 0 Å². The second kappa shape index (κ2) is 13.3. The highest BCUT2D eigenvalue weighted by atomic mass is 32.1. The molecule has 0 saturated carbocycles. The van der Waals surface area contributed by atoms with Gasteiger partial charge in [-0.15, -0.1) is 11.3 Å². The Kier molecular flexibility index (Phi) is 7.72. The average Bonchev–Trinajstić information content (AvgIpc) is 3.84. The van der Waals surface area contributed by atoms with Crippen LogP contribution >= 0.6 is 11.3 Å². The summed E-state index contributed by atoms with van der Waals surface area (Å²) in [5.41, 5.74) is 15.3. The third kappa shape index (κ3) is 5.44. The molecule has 11 rings (SSSR count). The summed E-state index contributed by atoms with van der Waals surface area (Å²) < 4.78 is 0. The molecular weight excluding hydrogens is 697 g/mol. The molecule has 1 heterocycles. The van der Waals surface area contributed by atoms with Crippen LogP contribution in [0.4, 0.5) is 17.1 Å². The van der Waals surface area contributed by atoms with Crippen LogP contribution in [0, 0.1) is 0 Å². The van der Waals surface area contributed by atoms with E-state index in [2.05, 4.69) is 211 Å². The van der Waals surface area contributed by atoms with Crippen LogP contribution in [0.2, 0.25) is 0 Å². The summed E-state index contributed by atoms with van der Waals surface area (Å²) in [4.78, 5) is 8.95. The highest BCUT2D eigenvalue weighted by molar-refractivity contribution is 7.19. The third-order valence-electron chi connectivity index (χ3n) is 11.0. The summed E-state index contributed by atoms with van der Waals surface area (Å²) in [7, 11) is 0. The molecule has 262 valence electrons. The predicted molar refractivity (Wildman–Crippen MR) is 238 cm³/mol. The lowest BCUT2D eigenvalue weighted by atomic mass is 9.94. The summed E-state index contributed by atoms with van der Waals surface area (Å²) in [6.45, 7) is 0. The molecule has 1 aliphatic carbocycles. The van der Waals surface area contributed by atoms with Crippen molar-refractivity contribution in [2.75, 3.05) is 4.90 Å². The maximum absolute atomic E-state index is 5.30. The minimum Gasteiger partial charge on any atom is -0.310 e. The highest BCUT2D eigenvalue weighted by Gasteiger charge is 2.27. The topological polar surface area (TPSA) is 16.1 Å². The van der Waals surface area contributed by atoms with Crippen molar-refractivity contribution in [3.8, 4) is 65.6 Å². The zero-order valence-electron chi connectivity index (χ0n) is 30.4. The molecule has 0 radical (unpaired) electrons. The SMILES string of the molecule is c1ccc(-c2ccc(N(c3cccc(-c4ccc5c6c(cccc46)-c4sc(-c6cccc(-c7ccccc7)c6)nc4-5)c3)c3cccc4ccccc34)cc2)cc1. The number of rotatable bonds is 7. The van der Waals surface area contributed by atoms with Crippen LogP contribution in [0.15, 0.2) is 206 Å². The van der Waals surface area contributed by atoms with Crippen molar-refractivity contribution in [3.05, 3.63) is 206 Å². The molecule has 0 unspecified atom stereocenters. The fraction of sp³-hybridized carbons (Fsp3) is 0. The molecular formula is C53H34N2S. The largest absolute Gasteiger partial charge is 0.310 e. The normalized spacial score (nSPS) is 11.6. The van der Waals surface area contributed by atoms with E-state index < -0.39 is 0 Å². The molecule has 1 aromatic heterocycles. The van der Waals surface area contributed by atoms with E-state index in [0.29, 0.717) is 0 Å². The van der Waals surface area contributed by atoms with Crippen molar-refractivity contribution in [3.63, 3.8) is 0 Å². The van der Waals surface area contributed by atoms with Crippen LogP contribution < -0.4 is 4.90 Å². The Balaban J connectivity index is 1.00. The maximum Gasteiger partial charge on any atom is 0.124 e. The number of thiazole rings is 1. The summed E-state index contributed by atoms with van der Waals surface area (Å²) in [6, 6.07) is 74.4. The number of nitrogens with zero attached hydrogens (tertiary/aromatic N) is 2. The Bertz CT molecular complexity index is 3040. The van der Waals surface area contributed by atoms with E-state index in [4.69, 9.17) is 4.98 Å². The van der Waals surface area contributed by atoms with Gasteiger partial charge in [-0.3, -0.25) is 0 Å². The Hall–Kier alpha value is -7.07. The number of anilines is 3. The first-order chi connectivity index (χ1) is 27.8. The molecule has 0 saturated heterocycles. The fourth-order valence-corrected chi connectivity index (χ4v) is 9.50. The molecule has 9 aromatic carbocycles. The molecule has 0 aliphatic heterocycles. The molecule has 1 aliphatic rings. The lowest BCUT2D eigenvalue weighted by molar-refractivity contribution is 1.30. The van der Waals surface area contributed by atoms with E-state index in [0.717, 1.165) is 33.3 Å². The molecule has 0 atom stereocenters. The van der Waals surface area contributed by atoms with Crippen LogP contribution in [0.5, 0.6) is 0 Å². The first-order valence-electron chi connectivity index (χ1n) is 19.0. The van der Waals surface area contributed by atoms with Gasteiger partial charge in [-0.05, 0) is 80.6 Å². The summed E-state index contributed by atoms with van der Waals surface area (Å²) in [6.07, 6.45) is 0. The van der Waals surface area contributed by atoms with Gasteiger partial charge >= 0.3 is 0 Å². The summed E-state index contributed by atoms with van der Waals surface area (Å²) in [5, 5.41) is 6.02. The molecule has 0 bridgehead atoms. The van der Waals surface area contributed by atoms with E-state index in [1.54, 1.807) is 11.3 Å². The van der Waals surface area contributed by atoms with Gasteiger partial charge in [0.05, 0.1) is 16.3 Å². The Morgan fingerprint density at radius 3 is 1.82 bits per heavy atom. The molecule has 0 amide bonds. The number of aromatic nitrogens is 1. The summed E-state index contributed by atoms with van der Waals surface area (Å²) in [5.74, 6) is 0. The van der Waals surface area contributed by atoms with Gasteiger partial charge in [-0.2, -0.15) is 0 Å². The Morgan fingerprint density at radius 1 is 0.375 bits per heavy atom. The molecule has 0 fully saturated rings. The quantitative estimate of drug-likeness (QED) is 0.162. The van der Waals surface area contributed by atoms with Gasteiger partial charge in [0, 0.05) is 38.8 Å². The molecule has 3 heteroatoms. The van der Waals surface area contributed by atoms with Gasteiger partial charge in [-0.1, -0.05) is 170 Å². The average molecular weight is 731 g/mol. The number of hydrogen-bond acceptors (Lipinski definition) is 3. The van der Waals surface area contributed by atoms with Gasteiger partial charge in [0.15, 0.2) is 0 Å². The second-order valence-corrected chi connectivity index (χ2v) is 15.3. The summed E-state index contributed by atoms with van der Waals surface area (Å²) >= 11 is 1.79. The van der Waals surface area contributed by atoms with E-state index in [9.17, 15) is 0 Å². The van der Waals surface area contributed by atoms with Gasteiger partial charge in [-0.25, -0.2) is 4.98 Å². The van der Waals surface area contributed by atoms with Gasteiger partial charge < -0.3 is 4.90 Å². The second-order valence-electron chi connectivity index (χ2n) is 14.3. The van der Waals surface area contributed by atoms with Crippen LogP contribution in [0.3, 0.4) is 0 Å². The van der Waals surface area contributed by atoms with Crippen LogP contribution in [0.1, 0.15) is 0 Å². The van der Waals surface area contributed by atoms with Crippen molar-refractivity contribution >= 4 is 49.9 Å². The van der Waals surface area contributed by atoms with E-state index in [1.165, 1.54) is 70.9 Å². The van der Waals surface area contributed by atoms with Crippen molar-refractivity contribution in [1.29, 1.82) is 0 Å². The number of benzene rings is 9. The number of hydrogen-bond donors (Lipinski definition) is 0. The van der Waals surface area contributed by atoms with Crippen LogP contribution in [-0.4, -0.2) is 4.98 Å². The van der Waals surface area contributed by atoms with E-state index >= 15 is 0 Å². The van der Waals surface area contributed by atoms with E-state index in [-0.39, 0.29) is 0 Å². The van der Waals surface area contributed by atoms with Crippen LogP contribution in [0.25, 0.3) is 87.2 Å². The van der Waals surface area contributed by atoms with Crippen LogP contribution in [-0.2, 0) is 0 Å². The lowest BCUT2D eigenvalue weighted by Crippen LogP contribution is -2.10. The number of fused-ring (bicyclic) bond motifs is 4. The monoisotopic (exact) mass is 730 g/mol. The van der Waals surface area contributed by atoms with E-state index in [1.807, 2.05) is 0 Å². The lowest BCUT2D eigenvalue weighted by Gasteiger charge is -2.27. The first-order valence-corrected chi connectivity index (χ1v) is 19.9. The van der Waals surface area contributed by atoms with Gasteiger partial charge in [0.2, 0.25) is 0 Å².